The SMILES string of the molecule is COc1ccccc1/C=N\NC(=O)c1nnn(-c2nonc2N)c1C. The van der Waals surface area contributed by atoms with Crippen molar-refractivity contribution in [3.05, 3.63) is 41.2 Å². The molecule has 11 heteroatoms. The number of rotatable bonds is 5. The summed E-state index contributed by atoms with van der Waals surface area (Å²) in [4.78, 5) is 12.2. The summed E-state index contributed by atoms with van der Waals surface area (Å²) in [5.74, 6) is 0.289. The molecule has 25 heavy (non-hydrogen) atoms. The number of anilines is 1. The van der Waals surface area contributed by atoms with Crippen LogP contribution in [0.15, 0.2) is 34.0 Å². The van der Waals surface area contributed by atoms with Gasteiger partial charge in [0.1, 0.15) is 5.75 Å². The minimum atomic E-state index is -0.537. The topological polar surface area (TPSA) is 146 Å². The maximum Gasteiger partial charge on any atom is 0.293 e. The maximum absolute atomic E-state index is 12.2. The normalized spacial score (nSPS) is 11.0. The maximum atomic E-state index is 12.2. The predicted molar refractivity (Wildman–Crippen MR) is 86.4 cm³/mol. The van der Waals surface area contributed by atoms with Crippen LogP contribution in [0, 0.1) is 6.92 Å². The second-order valence-electron chi connectivity index (χ2n) is 4.85. The van der Waals surface area contributed by atoms with Gasteiger partial charge in [-0.1, -0.05) is 17.3 Å². The Labute approximate surface area is 141 Å². The average molecular weight is 342 g/mol. The van der Waals surface area contributed by atoms with Crippen LogP contribution in [0.4, 0.5) is 5.82 Å². The highest BCUT2D eigenvalue weighted by Crippen LogP contribution is 2.15. The van der Waals surface area contributed by atoms with Crippen LogP contribution in [0.5, 0.6) is 5.75 Å². The van der Waals surface area contributed by atoms with Crippen molar-refractivity contribution in [2.24, 2.45) is 5.10 Å². The smallest absolute Gasteiger partial charge is 0.293 e. The number of hydrazone groups is 1. The zero-order chi connectivity index (χ0) is 17.8. The lowest BCUT2D eigenvalue weighted by molar-refractivity contribution is 0.0949. The van der Waals surface area contributed by atoms with Crippen molar-refractivity contribution in [1.82, 2.24) is 30.7 Å². The molecule has 0 unspecified atom stereocenters. The first-order chi connectivity index (χ1) is 12.1. The number of carbonyl (C=O) groups is 1. The van der Waals surface area contributed by atoms with E-state index in [9.17, 15) is 4.79 Å². The highest BCUT2D eigenvalue weighted by Gasteiger charge is 2.20. The summed E-state index contributed by atoms with van der Waals surface area (Å²) in [6, 6.07) is 7.25. The second kappa shape index (κ2) is 6.78. The van der Waals surface area contributed by atoms with Gasteiger partial charge in [-0.3, -0.25) is 4.79 Å². The first kappa shape index (κ1) is 16.1. The molecule has 0 aliphatic rings. The zero-order valence-electron chi connectivity index (χ0n) is 13.4. The van der Waals surface area contributed by atoms with Crippen LogP contribution in [-0.2, 0) is 0 Å². The molecule has 3 aromatic rings. The molecule has 0 bridgehead atoms. The van der Waals surface area contributed by atoms with Crippen LogP contribution in [-0.4, -0.2) is 44.5 Å². The van der Waals surface area contributed by atoms with Crippen molar-refractivity contribution in [3.63, 3.8) is 0 Å². The molecule has 1 aromatic carbocycles. The molecule has 3 rings (SSSR count). The highest BCUT2D eigenvalue weighted by atomic mass is 16.6. The summed E-state index contributed by atoms with van der Waals surface area (Å²) in [7, 11) is 1.55. The van der Waals surface area contributed by atoms with E-state index in [-0.39, 0.29) is 17.3 Å². The van der Waals surface area contributed by atoms with Crippen molar-refractivity contribution in [3.8, 4) is 11.6 Å². The van der Waals surface area contributed by atoms with Crippen molar-refractivity contribution in [2.75, 3.05) is 12.8 Å². The number of methoxy groups -OCH3 is 1. The van der Waals surface area contributed by atoms with E-state index in [1.165, 1.54) is 10.9 Å². The van der Waals surface area contributed by atoms with Crippen molar-refractivity contribution >= 4 is 17.9 Å². The van der Waals surface area contributed by atoms with E-state index < -0.39 is 5.91 Å². The molecule has 3 N–H and O–H groups in total. The van der Waals surface area contributed by atoms with Gasteiger partial charge in [-0.05, 0) is 29.4 Å². The van der Waals surface area contributed by atoms with Crippen LogP contribution in [0.25, 0.3) is 5.82 Å². The first-order valence-corrected chi connectivity index (χ1v) is 7.09. The van der Waals surface area contributed by atoms with Gasteiger partial charge in [-0.25, -0.2) is 10.1 Å². The molecule has 0 saturated heterocycles. The van der Waals surface area contributed by atoms with Gasteiger partial charge in [0.25, 0.3) is 5.91 Å². The first-order valence-electron chi connectivity index (χ1n) is 7.09. The fraction of sp³-hybridized carbons (Fsp3) is 0.143. The van der Waals surface area contributed by atoms with E-state index in [4.69, 9.17) is 10.5 Å². The van der Waals surface area contributed by atoms with Gasteiger partial charge >= 0.3 is 0 Å². The van der Waals surface area contributed by atoms with Crippen LogP contribution in [0.1, 0.15) is 21.7 Å². The standard InChI is InChI=1S/C14H14N8O3/c1-8-11(17-21-22(8)13-12(15)19-25-20-13)14(23)18-16-7-9-5-3-4-6-10(9)24-2/h3-7H,1-2H3,(H2,15,19)(H,18,23)/b16-7-. The summed E-state index contributed by atoms with van der Waals surface area (Å²) in [5, 5.41) is 18.6. The molecule has 11 nitrogen and oxygen atoms in total. The Kier molecular flexibility index (Phi) is 4.37. The lowest BCUT2D eigenvalue weighted by atomic mass is 10.2. The lowest BCUT2D eigenvalue weighted by Crippen LogP contribution is -2.19. The Balaban J connectivity index is 1.75. The van der Waals surface area contributed by atoms with Crippen LogP contribution in [0.2, 0.25) is 0 Å². The third-order valence-corrected chi connectivity index (χ3v) is 3.31. The monoisotopic (exact) mass is 342 g/mol. The molecule has 0 aliphatic heterocycles. The predicted octanol–water partition coefficient (Wildman–Crippen LogP) is 0.313. The largest absolute Gasteiger partial charge is 0.496 e. The van der Waals surface area contributed by atoms with E-state index in [1.807, 2.05) is 12.1 Å². The highest BCUT2D eigenvalue weighted by molar-refractivity contribution is 5.94. The number of ether oxygens (including phenoxy) is 1. The number of hydrogen-bond donors (Lipinski definition) is 2. The average Bonchev–Trinajstić information content (AvgIpc) is 3.20. The number of aromatic nitrogens is 5. The Morgan fingerprint density at radius 3 is 2.92 bits per heavy atom. The third-order valence-electron chi connectivity index (χ3n) is 3.31. The number of para-hydroxylation sites is 1. The molecule has 1 amide bonds. The number of nitrogen functional groups attached to an aromatic ring is 1. The van der Waals surface area contributed by atoms with Crippen molar-refractivity contribution < 1.29 is 14.2 Å². The summed E-state index contributed by atoms with van der Waals surface area (Å²) >= 11 is 0. The molecule has 0 radical (unpaired) electrons. The lowest BCUT2D eigenvalue weighted by Gasteiger charge is -2.03. The van der Waals surface area contributed by atoms with Gasteiger partial charge in [-0.15, -0.1) is 5.10 Å². The number of nitrogens with zero attached hydrogens (tertiary/aromatic N) is 6. The van der Waals surface area contributed by atoms with Crippen LogP contribution in [0.3, 0.4) is 0 Å². The number of carbonyl (C=O) groups excluding carboxylic acids is 1. The minimum absolute atomic E-state index is 0.0363. The molecule has 2 aromatic heterocycles. The quantitative estimate of drug-likeness (QED) is 0.497. The molecule has 0 aliphatic carbocycles. The second-order valence-corrected chi connectivity index (χ2v) is 4.85. The number of benzene rings is 1. The van der Waals surface area contributed by atoms with Gasteiger partial charge in [-0.2, -0.15) is 9.78 Å². The summed E-state index contributed by atoms with van der Waals surface area (Å²) in [6.07, 6.45) is 1.47. The fourth-order valence-corrected chi connectivity index (χ4v) is 2.06. The third kappa shape index (κ3) is 3.15. The van der Waals surface area contributed by atoms with E-state index in [0.29, 0.717) is 17.0 Å². The molecule has 2 heterocycles. The van der Waals surface area contributed by atoms with E-state index in [0.717, 1.165) is 0 Å². The zero-order valence-corrected chi connectivity index (χ0v) is 13.4. The van der Waals surface area contributed by atoms with Crippen LogP contribution < -0.4 is 15.9 Å². The Morgan fingerprint density at radius 1 is 1.40 bits per heavy atom. The van der Waals surface area contributed by atoms with Gasteiger partial charge in [0, 0.05) is 5.56 Å². The molecular formula is C14H14N8O3. The number of nitrogens with two attached hydrogens (primary N) is 1. The van der Waals surface area contributed by atoms with E-state index >= 15 is 0 Å². The number of nitrogens with one attached hydrogen (secondary N) is 1. The number of amides is 1. The summed E-state index contributed by atoms with van der Waals surface area (Å²) in [5.41, 5.74) is 9.18. The summed E-state index contributed by atoms with van der Waals surface area (Å²) < 4.78 is 11.0. The molecule has 0 fully saturated rings. The Hall–Kier alpha value is -3.76. The van der Waals surface area contributed by atoms with Gasteiger partial charge < -0.3 is 10.5 Å². The molecule has 128 valence electrons. The van der Waals surface area contributed by atoms with E-state index in [2.05, 4.69) is 35.8 Å². The molecule has 0 saturated carbocycles. The molecule has 0 spiro atoms. The summed E-state index contributed by atoms with van der Waals surface area (Å²) in [6.45, 7) is 1.63. The minimum Gasteiger partial charge on any atom is -0.496 e. The Bertz CT molecular complexity index is 930. The molecule has 0 atom stereocenters. The fourth-order valence-electron chi connectivity index (χ4n) is 2.06. The van der Waals surface area contributed by atoms with Crippen molar-refractivity contribution in [2.45, 2.75) is 6.92 Å². The van der Waals surface area contributed by atoms with E-state index in [1.54, 1.807) is 26.2 Å². The Morgan fingerprint density at radius 2 is 2.20 bits per heavy atom. The molecular weight excluding hydrogens is 328 g/mol. The van der Waals surface area contributed by atoms with Gasteiger partial charge in [0.15, 0.2) is 5.69 Å². The van der Waals surface area contributed by atoms with Gasteiger partial charge in [0.05, 0.1) is 19.0 Å². The van der Waals surface area contributed by atoms with Crippen LogP contribution >= 0.6 is 0 Å². The van der Waals surface area contributed by atoms with Crippen molar-refractivity contribution in [1.29, 1.82) is 0 Å². The number of hydrogen-bond acceptors (Lipinski definition) is 9. The van der Waals surface area contributed by atoms with Gasteiger partial charge in [0.2, 0.25) is 11.6 Å².